The molecule has 0 fully saturated rings. The maximum atomic E-state index is 12.4. The minimum atomic E-state index is -0.800. The molecule has 0 heterocycles. The van der Waals surface area contributed by atoms with E-state index in [0.717, 1.165) is 5.56 Å². The largest absolute Gasteiger partial charge is 0.392 e. The third-order valence-corrected chi connectivity index (χ3v) is 3.42. The normalized spacial score (nSPS) is 12.8. The van der Waals surface area contributed by atoms with E-state index in [4.69, 9.17) is 16.6 Å². The van der Waals surface area contributed by atoms with Crippen molar-refractivity contribution in [3.05, 3.63) is 29.8 Å². The molecule has 4 amide bonds. The third-order valence-electron chi connectivity index (χ3n) is 3.42. The second-order valence-corrected chi connectivity index (χ2v) is 5.63. The summed E-state index contributed by atoms with van der Waals surface area (Å²) in [5.74, 6) is -0.844. The second kappa shape index (κ2) is 10.3. The summed E-state index contributed by atoms with van der Waals surface area (Å²) in [5.41, 5.74) is 11.8. The number of carbonyl (C=O) groups is 3. The van der Waals surface area contributed by atoms with Crippen LogP contribution < -0.4 is 27.4 Å². The number of rotatable bonds is 9. The summed E-state index contributed by atoms with van der Waals surface area (Å²) in [6, 6.07) is 4.48. The van der Waals surface area contributed by atoms with E-state index in [-0.39, 0.29) is 6.61 Å². The van der Waals surface area contributed by atoms with E-state index >= 15 is 0 Å². The van der Waals surface area contributed by atoms with Gasteiger partial charge < -0.3 is 32.5 Å². The van der Waals surface area contributed by atoms with Crippen LogP contribution in [0.3, 0.4) is 0 Å². The Morgan fingerprint density at radius 2 is 1.80 bits per heavy atom. The van der Waals surface area contributed by atoms with Crippen LogP contribution in [0.4, 0.5) is 10.5 Å². The topological polar surface area (TPSA) is 160 Å². The summed E-state index contributed by atoms with van der Waals surface area (Å²) in [6.07, 6.45) is 0.753. The van der Waals surface area contributed by atoms with Gasteiger partial charge in [-0.2, -0.15) is 0 Å². The molecule has 0 unspecified atom stereocenters. The lowest BCUT2D eigenvalue weighted by molar-refractivity contribution is -0.127. The van der Waals surface area contributed by atoms with E-state index in [2.05, 4.69) is 16.0 Å². The zero-order valence-electron chi connectivity index (χ0n) is 14.1. The molecular formula is C16H25N5O4. The minimum Gasteiger partial charge on any atom is -0.392 e. The molecule has 0 saturated heterocycles. The number of hydrogen-bond acceptors (Lipinski definition) is 5. The highest BCUT2D eigenvalue weighted by Crippen LogP contribution is 2.11. The van der Waals surface area contributed by atoms with Crippen LogP contribution in [0.1, 0.15) is 25.3 Å². The molecule has 0 saturated carbocycles. The summed E-state index contributed by atoms with van der Waals surface area (Å²) < 4.78 is 0. The van der Waals surface area contributed by atoms with E-state index in [1.54, 1.807) is 24.3 Å². The van der Waals surface area contributed by atoms with E-state index < -0.39 is 29.9 Å². The number of nitrogens with two attached hydrogens (primary N) is 2. The van der Waals surface area contributed by atoms with Crippen LogP contribution in [0.2, 0.25) is 0 Å². The van der Waals surface area contributed by atoms with Crippen LogP contribution in [-0.2, 0) is 16.2 Å². The maximum Gasteiger partial charge on any atom is 0.312 e. The summed E-state index contributed by atoms with van der Waals surface area (Å²) >= 11 is 0. The molecule has 9 nitrogen and oxygen atoms in total. The van der Waals surface area contributed by atoms with Gasteiger partial charge in [-0.1, -0.05) is 12.1 Å². The van der Waals surface area contributed by atoms with Crippen LogP contribution >= 0.6 is 0 Å². The molecule has 1 rings (SSSR count). The number of hydrogen-bond donors (Lipinski definition) is 6. The van der Waals surface area contributed by atoms with Gasteiger partial charge in [0.25, 0.3) is 0 Å². The van der Waals surface area contributed by atoms with Crippen molar-refractivity contribution in [1.82, 2.24) is 10.6 Å². The van der Waals surface area contributed by atoms with Crippen molar-refractivity contribution in [3.8, 4) is 0 Å². The number of amides is 4. The molecule has 0 spiro atoms. The average Bonchev–Trinajstić information content (AvgIpc) is 2.57. The van der Waals surface area contributed by atoms with Gasteiger partial charge in [-0.3, -0.25) is 9.59 Å². The third kappa shape index (κ3) is 7.64. The number of urea groups is 1. The molecule has 0 aliphatic carbocycles. The van der Waals surface area contributed by atoms with Crippen molar-refractivity contribution in [3.63, 3.8) is 0 Å². The van der Waals surface area contributed by atoms with Crippen molar-refractivity contribution in [2.75, 3.05) is 11.9 Å². The number of benzene rings is 1. The fourth-order valence-corrected chi connectivity index (χ4v) is 2.01. The summed E-state index contributed by atoms with van der Waals surface area (Å²) in [5, 5.41) is 16.7. The van der Waals surface area contributed by atoms with Crippen LogP contribution in [0, 0.1) is 0 Å². The Labute approximate surface area is 146 Å². The standard InChI is InChI=1S/C16H25N5O4/c1-10(17)14(23)21-13(3-2-8-19-16(18)25)15(24)20-12-6-4-11(9-22)5-7-12/h4-7,10,13,22H,2-3,8-9,17H2,1H3,(H,20,24)(H,21,23)(H3,18,19,25)/t10-,13-/m0/s1. The lowest BCUT2D eigenvalue weighted by atomic mass is 10.1. The van der Waals surface area contributed by atoms with Crippen LogP contribution in [0.5, 0.6) is 0 Å². The summed E-state index contributed by atoms with van der Waals surface area (Å²) in [7, 11) is 0. The van der Waals surface area contributed by atoms with E-state index in [9.17, 15) is 14.4 Å². The van der Waals surface area contributed by atoms with Gasteiger partial charge in [-0.25, -0.2) is 4.79 Å². The van der Waals surface area contributed by atoms with Crippen LogP contribution in [0.15, 0.2) is 24.3 Å². The Balaban J connectivity index is 2.68. The van der Waals surface area contributed by atoms with Crippen LogP contribution in [-0.4, -0.2) is 41.6 Å². The fraction of sp³-hybridized carbons (Fsp3) is 0.438. The maximum absolute atomic E-state index is 12.4. The molecule has 0 radical (unpaired) electrons. The summed E-state index contributed by atoms with van der Waals surface area (Å²) in [4.78, 5) is 34.9. The molecule has 138 valence electrons. The quantitative estimate of drug-likeness (QED) is 0.327. The Morgan fingerprint density at radius 1 is 1.16 bits per heavy atom. The Morgan fingerprint density at radius 3 is 2.32 bits per heavy atom. The molecule has 8 N–H and O–H groups in total. The SMILES string of the molecule is C[C@H](N)C(=O)N[C@@H](CCCNC(N)=O)C(=O)Nc1ccc(CO)cc1. The van der Waals surface area contributed by atoms with Gasteiger partial charge in [0.1, 0.15) is 6.04 Å². The highest BCUT2D eigenvalue weighted by Gasteiger charge is 2.22. The van der Waals surface area contributed by atoms with Crippen molar-refractivity contribution in [2.24, 2.45) is 11.5 Å². The van der Waals surface area contributed by atoms with E-state index in [1.165, 1.54) is 6.92 Å². The molecule has 1 aromatic rings. The van der Waals surface area contributed by atoms with E-state index in [1.807, 2.05) is 0 Å². The zero-order valence-corrected chi connectivity index (χ0v) is 14.1. The number of nitrogens with one attached hydrogen (secondary N) is 3. The highest BCUT2D eigenvalue weighted by molar-refractivity contribution is 5.97. The Bertz CT molecular complexity index is 589. The van der Waals surface area contributed by atoms with E-state index in [0.29, 0.717) is 25.1 Å². The predicted octanol–water partition coefficient (Wildman–Crippen LogP) is -0.602. The first-order valence-electron chi connectivity index (χ1n) is 7.93. The molecule has 0 aliphatic rings. The number of aliphatic hydroxyl groups is 1. The second-order valence-electron chi connectivity index (χ2n) is 5.63. The lowest BCUT2D eigenvalue weighted by Crippen LogP contribution is -2.49. The molecular weight excluding hydrogens is 326 g/mol. The van der Waals surface area contributed by atoms with Gasteiger partial charge in [-0.15, -0.1) is 0 Å². The lowest BCUT2D eigenvalue weighted by Gasteiger charge is -2.19. The zero-order chi connectivity index (χ0) is 18.8. The van der Waals surface area contributed by atoms with Crippen molar-refractivity contribution in [2.45, 2.75) is 38.5 Å². The molecule has 1 aromatic carbocycles. The number of carbonyl (C=O) groups excluding carboxylic acids is 3. The smallest absolute Gasteiger partial charge is 0.312 e. The molecule has 0 aliphatic heterocycles. The predicted molar refractivity (Wildman–Crippen MR) is 93.4 cm³/mol. The average molecular weight is 351 g/mol. The van der Waals surface area contributed by atoms with Gasteiger partial charge in [-0.05, 0) is 37.5 Å². The van der Waals surface area contributed by atoms with Gasteiger partial charge in [0.2, 0.25) is 11.8 Å². The number of aliphatic hydroxyl groups excluding tert-OH is 1. The molecule has 2 atom stereocenters. The van der Waals surface area contributed by atoms with Gasteiger partial charge >= 0.3 is 6.03 Å². The molecule has 25 heavy (non-hydrogen) atoms. The first kappa shape index (κ1) is 20.4. The fourth-order valence-electron chi connectivity index (χ4n) is 2.01. The number of anilines is 1. The molecule has 0 aromatic heterocycles. The van der Waals surface area contributed by atoms with Crippen LogP contribution in [0.25, 0.3) is 0 Å². The minimum absolute atomic E-state index is 0.0891. The van der Waals surface area contributed by atoms with Gasteiger partial charge in [0.15, 0.2) is 0 Å². The molecule has 9 heteroatoms. The first-order chi connectivity index (χ1) is 11.8. The Hall–Kier alpha value is -2.65. The number of primary amides is 1. The Kier molecular flexibility index (Phi) is 8.37. The van der Waals surface area contributed by atoms with Crippen molar-refractivity contribution in [1.29, 1.82) is 0 Å². The summed E-state index contributed by atoms with van der Waals surface area (Å²) in [6.45, 7) is 1.72. The van der Waals surface area contributed by atoms with Crippen molar-refractivity contribution >= 4 is 23.5 Å². The highest BCUT2D eigenvalue weighted by atomic mass is 16.3. The first-order valence-corrected chi connectivity index (χ1v) is 7.93. The van der Waals surface area contributed by atoms with Gasteiger partial charge in [0.05, 0.1) is 12.6 Å². The van der Waals surface area contributed by atoms with Gasteiger partial charge in [0, 0.05) is 12.2 Å². The monoisotopic (exact) mass is 351 g/mol. The van der Waals surface area contributed by atoms with Crippen molar-refractivity contribution < 1.29 is 19.5 Å². The molecule has 0 bridgehead atoms.